The van der Waals surface area contributed by atoms with E-state index in [1.54, 1.807) is 0 Å². The highest BCUT2D eigenvalue weighted by atomic mass is 16.3. The first-order valence-electron chi connectivity index (χ1n) is 7.42. The number of anilines is 1. The molecule has 0 aliphatic heterocycles. The fourth-order valence-corrected chi connectivity index (χ4v) is 2.64. The molecular weight excluding hydrogens is 252 g/mol. The molecule has 110 valence electrons. The van der Waals surface area contributed by atoms with Gasteiger partial charge in [-0.25, -0.2) is 0 Å². The second-order valence-electron chi connectivity index (χ2n) is 5.78. The van der Waals surface area contributed by atoms with Crippen molar-refractivity contribution >= 4 is 11.6 Å². The van der Waals surface area contributed by atoms with Crippen LogP contribution in [0.2, 0.25) is 0 Å². The predicted molar refractivity (Wildman–Crippen MR) is 80.9 cm³/mol. The first kappa shape index (κ1) is 14.9. The second-order valence-corrected chi connectivity index (χ2v) is 5.78. The highest BCUT2D eigenvalue weighted by molar-refractivity contribution is 5.99. The maximum atomic E-state index is 12.4. The van der Waals surface area contributed by atoms with Crippen molar-refractivity contribution in [1.82, 2.24) is 5.32 Å². The Kier molecular flexibility index (Phi) is 5.01. The molecule has 1 saturated carbocycles. The van der Waals surface area contributed by atoms with Crippen LogP contribution in [0, 0.1) is 0 Å². The van der Waals surface area contributed by atoms with Gasteiger partial charge in [-0.2, -0.15) is 0 Å². The fraction of sp³-hybridized carbons (Fsp3) is 0.562. The Bertz CT molecular complexity index is 460. The number of rotatable bonds is 4. The lowest BCUT2D eigenvalue weighted by molar-refractivity contribution is 0.0718. The van der Waals surface area contributed by atoms with Crippen LogP contribution in [0.15, 0.2) is 24.3 Å². The van der Waals surface area contributed by atoms with Gasteiger partial charge in [0.05, 0.1) is 17.7 Å². The Morgan fingerprint density at radius 3 is 2.65 bits per heavy atom. The topological polar surface area (TPSA) is 61.4 Å². The second kappa shape index (κ2) is 6.75. The SMILES string of the molecule is CC(C)Nc1ccccc1C(=O)N[C@H]1CCCC[C@@H]1O. The van der Waals surface area contributed by atoms with Crippen molar-refractivity contribution in [3.63, 3.8) is 0 Å². The van der Waals surface area contributed by atoms with Crippen molar-refractivity contribution in [2.24, 2.45) is 0 Å². The van der Waals surface area contributed by atoms with Gasteiger partial charge >= 0.3 is 0 Å². The van der Waals surface area contributed by atoms with Crippen molar-refractivity contribution < 1.29 is 9.90 Å². The summed E-state index contributed by atoms with van der Waals surface area (Å²) in [5, 5.41) is 16.2. The van der Waals surface area contributed by atoms with E-state index in [2.05, 4.69) is 10.6 Å². The summed E-state index contributed by atoms with van der Waals surface area (Å²) in [6.45, 7) is 4.08. The number of carbonyl (C=O) groups excluding carboxylic acids is 1. The quantitative estimate of drug-likeness (QED) is 0.792. The Morgan fingerprint density at radius 1 is 1.25 bits per heavy atom. The third-order valence-electron chi connectivity index (χ3n) is 3.66. The number of para-hydroxylation sites is 1. The van der Waals surface area contributed by atoms with Crippen LogP contribution in [0.5, 0.6) is 0 Å². The van der Waals surface area contributed by atoms with Gasteiger partial charge in [0.15, 0.2) is 0 Å². The van der Waals surface area contributed by atoms with E-state index in [0.717, 1.165) is 31.4 Å². The molecule has 0 heterocycles. The van der Waals surface area contributed by atoms with Gasteiger partial charge in [0.1, 0.15) is 0 Å². The summed E-state index contributed by atoms with van der Waals surface area (Å²) in [7, 11) is 0. The van der Waals surface area contributed by atoms with E-state index in [1.807, 2.05) is 38.1 Å². The third kappa shape index (κ3) is 3.73. The lowest BCUT2D eigenvalue weighted by Gasteiger charge is -2.28. The molecule has 1 aromatic rings. The molecule has 0 spiro atoms. The minimum absolute atomic E-state index is 0.111. The number of aliphatic hydroxyl groups is 1. The zero-order chi connectivity index (χ0) is 14.5. The molecule has 1 fully saturated rings. The van der Waals surface area contributed by atoms with Crippen LogP contribution in [-0.2, 0) is 0 Å². The van der Waals surface area contributed by atoms with Gasteiger partial charge < -0.3 is 15.7 Å². The predicted octanol–water partition coefficient (Wildman–Crippen LogP) is 2.54. The average molecular weight is 276 g/mol. The summed E-state index contributed by atoms with van der Waals surface area (Å²) >= 11 is 0. The lowest BCUT2D eigenvalue weighted by atomic mass is 9.92. The van der Waals surface area contributed by atoms with E-state index in [4.69, 9.17) is 0 Å². The van der Waals surface area contributed by atoms with Crippen LogP contribution >= 0.6 is 0 Å². The van der Waals surface area contributed by atoms with Gasteiger partial charge in [-0.1, -0.05) is 25.0 Å². The van der Waals surface area contributed by atoms with Crippen LogP contribution in [-0.4, -0.2) is 29.2 Å². The molecule has 0 aromatic heterocycles. The van der Waals surface area contributed by atoms with Crippen molar-refractivity contribution in [3.05, 3.63) is 29.8 Å². The molecule has 4 nitrogen and oxygen atoms in total. The largest absolute Gasteiger partial charge is 0.391 e. The monoisotopic (exact) mass is 276 g/mol. The van der Waals surface area contributed by atoms with Crippen LogP contribution in [0.4, 0.5) is 5.69 Å². The van der Waals surface area contributed by atoms with E-state index in [0.29, 0.717) is 5.56 Å². The molecule has 2 rings (SSSR count). The molecular formula is C16H24N2O2. The van der Waals surface area contributed by atoms with Gasteiger partial charge in [-0.15, -0.1) is 0 Å². The zero-order valence-electron chi connectivity index (χ0n) is 12.2. The summed E-state index contributed by atoms with van der Waals surface area (Å²) in [4.78, 5) is 12.4. The van der Waals surface area contributed by atoms with Crippen molar-refractivity contribution in [3.8, 4) is 0 Å². The number of nitrogens with one attached hydrogen (secondary N) is 2. The van der Waals surface area contributed by atoms with E-state index in [9.17, 15) is 9.90 Å². The molecule has 1 amide bonds. The van der Waals surface area contributed by atoms with E-state index >= 15 is 0 Å². The number of benzene rings is 1. The molecule has 0 bridgehead atoms. The number of amides is 1. The summed E-state index contributed by atoms with van der Waals surface area (Å²) < 4.78 is 0. The number of aliphatic hydroxyl groups excluding tert-OH is 1. The molecule has 3 N–H and O–H groups in total. The van der Waals surface area contributed by atoms with Gasteiger partial charge in [0, 0.05) is 11.7 Å². The first-order chi connectivity index (χ1) is 9.58. The average Bonchev–Trinajstić information content (AvgIpc) is 2.41. The van der Waals surface area contributed by atoms with Crippen LogP contribution in [0.1, 0.15) is 49.9 Å². The molecule has 1 aliphatic carbocycles. The highest BCUT2D eigenvalue weighted by Gasteiger charge is 2.25. The smallest absolute Gasteiger partial charge is 0.253 e. The van der Waals surface area contributed by atoms with Gasteiger partial charge in [0.2, 0.25) is 0 Å². The van der Waals surface area contributed by atoms with Gasteiger partial charge in [0.25, 0.3) is 5.91 Å². The number of carbonyl (C=O) groups is 1. The highest BCUT2D eigenvalue weighted by Crippen LogP contribution is 2.20. The molecule has 0 saturated heterocycles. The minimum atomic E-state index is -0.419. The number of hydrogen-bond donors (Lipinski definition) is 3. The zero-order valence-corrected chi connectivity index (χ0v) is 12.2. The summed E-state index contributed by atoms with van der Waals surface area (Å²) in [6, 6.07) is 7.64. The number of hydrogen-bond acceptors (Lipinski definition) is 3. The molecule has 0 unspecified atom stereocenters. The minimum Gasteiger partial charge on any atom is -0.391 e. The maximum Gasteiger partial charge on any atom is 0.253 e. The first-order valence-corrected chi connectivity index (χ1v) is 7.42. The van der Waals surface area contributed by atoms with Gasteiger partial charge in [-0.3, -0.25) is 4.79 Å². The van der Waals surface area contributed by atoms with Crippen LogP contribution in [0.25, 0.3) is 0 Å². The molecule has 4 heteroatoms. The third-order valence-corrected chi connectivity index (χ3v) is 3.66. The van der Waals surface area contributed by atoms with E-state index in [-0.39, 0.29) is 18.0 Å². The Balaban J connectivity index is 2.08. The molecule has 1 aromatic carbocycles. The van der Waals surface area contributed by atoms with E-state index in [1.165, 1.54) is 0 Å². The van der Waals surface area contributed by atoms with Crippen LogP contribution < -0.4 is 10.6 Å². The Hall–Kier alpha value is -1.55. The van der Waals surface area contributed by atoms with E-state index < -0.39 is 6.10 Å². The van der Waals surface area contributed by atoms with Crippen molar-refractivity contribution in [2.75, 3.05) is 5.32 Å². The lowest BCUT2D eigenvalue weighted by Crippen LogP contribution is -2.45. The van der Waals surface area contributed by atoms with Crippen molar-refractivity contribution in [1.29, 1.82) is 0 Å². The summed E-state index contributed by atoms with van der Waals surface area (Å²) in [5.41, 5.74) is 1.48. The molecule has 0 radical (unpaired) electrons. The normalized spacial score (nSPS) is 22.6. The Morgan fingerprint density at radius 2 is 1.95 bits per heavy atom. The Labute approximate surface area is 120 Å². The standard InChI is InChI=1S/C16H24N2O2/c1-11(2)17-13-8-4-3-7-12(13)16(20)18-14-9-5-6-10-15(14)19/h3-4,7-8,11,14-15,17,19H,5-6,9-10H2,1-2H3,(H,18,20)/t14-,15-/m0/s1. The molecule has 20 heavy (non-hydrogen) atoms. The summed E-state index contributed by atoms with van der Waals surface area (Å²) in [6.07, 6.45) is 3.31. The maximum absolute atomic E-state index is 12.4. The fourth-order valence-electron chi connectivity index (χ4n) is 2.64. The van der Waals surface area contributed by atoms with Crippen LogP contribution in [0.3, 0.4) is 0 Å². The molecule has 2 atom stereocenters. The van der Waals surface area contributed by atoms with Crippen molar-refractivity contribution in [2.45, 2.75) is 57.7 Å². The van der Waals surface area contributed by atoms with Gasteiger partial charge in [-0.05, 0) is 38.8 Å². The summed E-state index contributed by atoms with van der Waals surface area (Å²) in [5.74, 6) is -0.111. The molecule has 1 aliphatic rings.